The van der Waals surface area contributed by atoms with Crippen molar-refractivity contribution in [2.45, 2.75) is 0 Å². The van der Waals surface area contributed by atoms with E-state index in [1.807, 2.05) is 0 Å². The monoisotopic (exact) mass is 580 g/mol. The predicted molar refractivity (Wildman–Crippen MR) is 158 cm³/mol. The number of hydrogen-bond donors (Lipinski definition) is 1. The number of nitro benzene ring substituents is 1. The van der Waals surface area contributed by atoms with Gasteiger partial charge >= 0.3 is 5.69 Å². The Labute approximate surface area is 243 Å². The summed E-state index contributed by atoms with van der Waals surface area (Å²) in [7, 11) is 10.2. The highest BCUT2D eigenvalue weighted by Crippen LogP contribution is 2.41. The third-order valence-electron chi connectivity index (χ3n) is 6.07. The number of methoxy groups -OCH3 is 7. The molecule has 0 fully saturated rings. The van der Waals surface area contributed by atoms with Crippen LogP contribution in [0, 0.1) is 10.1 Å². The Bertz CT molecular complexity index is 1490. The lowest BCUT2D eigenvalue weighted by atomic mass is 10.1. The van der Waals surface area contributed by atoms with Crippen molar-refractivity contribution in [3.05, 3.63) is 69.3 Å². The molecule has 0 aromatic heterocycles. The summed E-state index contributed by atoms with van der Waals surface area (Å²) >= 11 is 0. The van der Waals surface area contributed by atoms with Gasteiger partial charge in [-0.1, -0.05) is 12.2 Å². The van der Waals surface area contributed by atoms with Crippen molar-refractivity contribution in [3.63, 3.8) is 0 Å². The van der Waals surface area contributed by atoms with Crippen LogP contribution >= 0.6 is 0 Å². The van der Waals surface area contributed by atoms with E-state index < -0.39 is 10.8 Å². The summed E-state index contributed by atoms with van der Waals surface area (Å²) in [5.41, 5.74) is 1.74. The topological polar surface area (TPSA) is 137 Å². The molecule has 0 aliphatic rings. The first-order chi connectivity index (χ1) is 20.2. The van der Waals surface area contributed by atoms with E-state index in [2.05, 4.69) is 5.32 Å². The average molecular weight is 581 g/mol. The molecule has 0 heterocycles. The van der Waals surface area contributed by atoms with E-state index in [4.69, 9.17) is 33.2 Å². The van der Waals surface area contributed by atoms with E-state index in [0.717, 1.165) is 5.56 Å². The second-order valence-electron chi connectivity index (χ2n) is 8.41. The SMILES string of the molecule is COc1cc(C=Cc2ccc(OC)c(OC)c2NC(=O)/C=C/c2cc(OC)c(OC)c([N+](=O)[O-])c2)cc(OC)c1OC. The zero-order valence-electron chi connectivity index (χ0n) is 24.3. The molecule has 1 amide bonds. The molecule has 0 saturated carbocycles. The van der Waals surface area contributed by atoms with Crippen LogP contribution in [0.1, 0.15) is 16.7 Å². The van der Waals surface area contributed by atoms with Crippen LogP contribution in [0.25, 0.3) is 18.2 Å². The Morgan fingerprint density at radius 1 is 0.667 bits per heavy atom. The number of nitro groups is 1. The third-order valence-corrected chi connectivity index (χ3v) is 6.07. The number of benzene rings is 3. The number of carbonyl (C=O) groups excluding carboxylic acids is 1. The van der Waals surface area contributed by atoms with Crippen LogP contribution in [-0.4, -0.2) is 60.6 Å². The van der Waals surface area contributed by atoms with Crippen LogP contribution in [-0.2, 0) is 4.79 Å². The number of carbonyl (C=O) groups is 1. The van der Waals surface area contributed by atoms with Gasteiger partial charge in [-0.25, -0.2) is 0 Å². The van der Waals surface area contributed by atoms with Gasteiger partial charge in [-0.05, 0) is 47.5 Å². The van der Waals surface area contributed by atoms with Crippen LogP contribution in [0.4, 0.5) is 11.4 Å². The summed E-state index contributed by atoms with van der Waals surface area (Å²) in [6.07, 6.45) is 6.23. The Morgan fingerprint density at radius 3 is 1.69 bits per heavy atom. The number of ether oxygens (including phenoxy) is 7. The third kappa shape index (κ3) is 6.84. The van der Waals surface area contributed by atoms with Gasteiger partial charge in [0.2, 0.25) is 17.4 Å². The van der Waals surface area contributed by atoms with Crippen molar-refractivity contribution in [1.82, 2.24) is 0 Å². The molecule has 3 rings (SSSR count). The molecule has 3 aromatic rings. The predicted octanol–water partition coefficient (Wildman–Crippen LogP) is 5.48. The molecule has 0 spiro atoms. The molecule has 12 heteroatoms. The molecular formula is C30H32N2O10. The molecule has 0 aliphatic heterocycles. The minimum Gasteiger partial charge on any atom is -0.493 e. The van der Waals surface area contributed by atoms with E-state index in [0.29, 0.717) is 45.6 Å². The zero-order valence-corrected chi connectivity index (χ0v) is 24.3. The summed E-state index contributed by atoms with van der Waals surface area (Å²) in [5.74, 6) is 1.74. The molecule has 0 aliphatic carbocycles. The fourth-order valence-electron chi connectivity index (χ4n) is 4.13. The molecule has 42 heavy (non-hydrogen) atoms. The second-order valence-corrected chi connectivity index (χ2v) is 8.41. The van der Waals surface area contributed by atoms with E-state index in [-0.39, 0.29) is 17.2 Å². The van der Waals surface area contributed by atoms with E-state index >= 15 is 0 Å². The second kappa shape index (κ2) is 14.3. The maximum Gasteiger partial charge on any atom is 0.315 e. The van der Waals surface area contributed by atoms with Crippen molar-refractivity contribution < 1.29 is 42.9 Å². The average Bonchev–Trinajstić information content (AvgIpc) is 3.01. The lowest BCUT2D eigenvalue weighted by molar-refractivity contribution is -0.385. The van der Waals surface area contributed by atoms with Crippen LogP contribution in [0.2, 0.25) is 0 Å². The first-order valence-corrected chi connectivity index (χ1v) is 12.4. The Morgan fingerprint density at radius 2 is 1.19 bits per heavy atom. The molecule has 1 N–H and O–H groups in total. The number of amides is 1. The van der Waals surface area contributed by atoms with E-state index in [1.165, 1.54) is 74.1 Å². The van der Waals surface area contributed by atoms with Crippen LogP contribution in [0.5, 0.6) is 40.2 Å². The molecule has 12 nitrogen and oxygen atoms in total. The van der Waals surface area contributed by atoms with Gasteiger partial charge in [0.15, 0.2) is 28.7 Å². The van der Waals surface area contributed by atoms with Crippen molar-refractivity contribution in [1.29, 1.82) is 0 Å². The lowest BCUT2D eigenvalue weighted by Gasteiger charge is -2.16. The minimum atomic E-state index is -0.591. The van der Waals surface area contributed by atoms with Crippen LogP contribution in [0.3, 0.4) is 0 Å². The molecule has 0 radical (unpaired) electrons. The highest BCUT2D eigenvalue weighted by molar-refractivity contribution is 6.05. The van der Waals surface area contributed by atoms with Gasteiger partial charge in [0.25, 0.3) is 0 Å². The van der Waals surface area contributed by atoms with Gasteiger partial charge in [0.05, 0.1) is 60.4 Å². The Balaban J connectivity index is 1.99. The Kier molecular flexibility index (Phi) is 10.6. The molecule has 222 valence electrons. The quantitative estimate of drug-likeness (QED) is 0.120. The number of nitrogens with one attached hydrogen (secondary N) is 1. The van der Waals surface area contributed by atoms with Crippen molar-refractivity contribution in [2.75, 3.05) is 55.1 Å². The number of hydrogen-bond acceptors (Lipinski definition) is 10. The summed E-state index contributed by atoms with van der Waals surface area (Å²) in [6, 6.07) is 9.83. The summed E-state index contributed by atoms with van der Waals surface area (Å²) in [6.45, 7) is 0. The van der Waals surface area contributed by atoms with Crippen molar-refractivity contribution in [2.24, 2.45) is 0 Å². The Hall–Kier alpha value is -5.39. The molecular weight excluding hydrogens is 548 g/mol. The maximum absolute atomic E-state index is 13.1. The number of nitrogens with zero attached hydrogens (tertiary/aromatic N) is 1. The first-order valence-electron chi connectivity index (χ1n) is 12.4. The minimum absolute atomic E-state index is 0.0197. The van der Waals surface area contributed by atoms with E-state index in [9.17, 15) is 14.9 Å². The number of anilines is 1. The van der Waals surface area contributed by atoms with Gasteiger partial charge < -0.3 is 38.5 Å². The summed E-state index contributed by atoms with van der Waals surface area (Å²) in [5, 5.41) is 14.4. The standard InChI is InChI=1S/C30H32N2O10/c1-36-22-12-11-20(10-8-19-16-24(38-3)29(41-6)25(17-19)39-4)27(30(22)42-7)31-26(33)13-9-18-14-21(32(34)35)28(40-5)23(15-18)37-2/h8-17H,1-7H3,(H,31,33)/b10-8?,13-9+. The summed E-state index contributed by atoms with van der Waals surface area (Å²) in [4.78, 5) is 24.0. The van der Waals surface area contributed by atoms with Crippen LogP contribution < -0.4 is 38.5 Å². The maximum atomic E-state index is 13.1. The van der Waals surface area contributed by atoms with Gasteiger partial charge in [-0.15, -0.1) is 0 Å². The van der Waals surface area contributed by atoms with Crippen LogP contribution in [0.15, 0.2) is 42.5 Å². The van der Waals surface area contributed by atoms with Crippen molar-refractivity contribution in [3.8, 4) is 40.2 Å². The smallest absolute Gasteiger partial charge is 0.315 e. The van der Waals surface area contributed by atoms with E-state index in [1.54, 1.807) is 36.4 Å². The van der Waals surface area contributed by atoms with Crippen molar-refractivity contribution >= 4 is 35.5 Å². The summed E-state index contributed by atoms with van der Waals surface area (Å²) < 4.78 is 37.6. The molecule has 0 saturated heterocycles. The number of rotatable bonds is 13. The molecule has 0 unspecified atom stereocenters. The normalized spacial score (nSPS) is 10.8. The molecule has 0 atom stereocenters. The van der Waals surface area contributed by atoms with Gasteiger partial charge in [0.1, 0.15) is 0 Å². The van der Waals surface area contributed by atoms with Gasteiger partial charge in [-0.2, -0.15) is 0 Å². The fourth-order valence-corrected chi connectivity index (χ4v) is 4.13. The largest absolute Gasteiger partial charge is 0.493 e. The fraction of sp³-hybridized carbons (Fsp3) is 0.233. The lowest BCUT2D eigenvalue weighted by Crippen LogP contribution is -2.11. The highest BCUT2D eigenvalue weighted by atomic mass is 16.6. The zero-order chi connectivity index (χ0) is 30.8. The van der Waals surface area contributed by atoms with Gasteiger partial charge in [-0.3, -0.25) is 14.9 Å². The first kappa shape index (κ1) is 31.1. The van der Waals surface area contributed by atoms with Gasteiger partial charge in [0, 0.05) is 17.7 Å². The molecule has 0 bridgehead atoms. The molecule has 3 aromatic carbocycles. The highest BCUT2D eigenvalue weighted by Gasteiger charge is 2.21.